The van der Waals surface area contributed by atoms with Gasteiger partial charge in [0.05, 0.1) is 11.0 Å². The van der Waals surface area contributed by atoms with Gasteiger partial charge in [-0.3, -0.25) is 0 Å². The van der Waals surface area contributed by atoms with Gasteiger partial charge in [-0.1, -0.05) is 135 Å². The van der Waals surface area contributed by atoms with Crippen molar-refractivity contribution in [2.45, 2.75) is 78.6 Å². The summed E-state index contributed by atoms with van der Waals surface area (Å²) in [6, 6.07) is 52.7. The summed E-state index contributed by atoms with van der Waals surface area (Å²) in [5.41, 5.74) is 16.1. The molecule has 14 rings (SSSR count). The summed E-state index contributed by atoms with van der Waals surface area (Å²) in [5, 5.41) is 10.8. The van der Waals surface area contributed by atoms with Crippen LogP contribution in [0.3, 0.4) is 0 Å². The maximum Gasteiger partial charge on any atom is 0.333 e. The third kappa shape index (κ3) is 5.24. The summed E-state index contributed by atoms with van der Waals surface area (Å²) in [5.74, 6) is 0. The summed E-state index contributed by atoms with van der Waals surface area (Å²) in [7, 11) is 0. The zero-order valence-electron chi connectivity index (χ0n) is 38.9. The van der Waals surface area contributed by atoms with Gasteiger partial charge in [-0.15, -0.1) is 34.0 Å². The van der Waals surface area contributed by atoms with Crippen LogP contribution in [0, 0.1) is 0 Å². The largest absolute Gasteiger partial charge is 0.376 e. The average molecular weight is 905 g/mol. The van der Waals surface area contributed by atoms with E-state index in [0.29, 0.717) is 0 Å². The fraction of sp³-hybridized carbons (Fsp3) is 0.200. The fourth-order valence-corrected chi connectivity index (χ4v) is 15.2. The number of rotatable bonds is 1. The number of benzene rings is 8. The molecule has 12 aromatic rings. The van der Waals surface area contributed by atoms with Crippen molar-refractivity contribution in [2.75, 3.05) is 4.81 Å². The molecule has 320 valence electrons. The van der Waals surface area contributed by atoms with Crippen molar-refractivity contribution in [1.29, 1.82) is 0 Å². The molecule has 0 radical (unpaired) electrons. The molecule has 0 saturated carbocycles. The summed E-state index contributed by atoms with van der Waals surface area (Å²) in [6.45, 7) is 20.9. The molecule has 0 aliphatic carbocycles. The Morgan fingerprint density at radius 3 is 1.74 bits per heavy atom. The molecule has 4 aromatic heterocycles. The Morgan fingerprint density at radius 2 is 1.02 bits per heavy atom. The van der Waals surface area contributed by atoms with Crippen molar-refractivity contribution in [2.24, 2.45) is 0 Å². The molecular weight excluding hydrogens is 856 g/mol. The minimum Gasteiger partial charge on any atom is -0.376 e. The quantitative estimate of drug-likeness (QED) is 0.149. The second-order valence-electron chi connectivity index (χ2n) is 22.1. The molecule has 6 heterocycles. The van der Waals surface area contributed by atoms with Gasteiger partial charge in [0, 0.05) is 93.9 Å². The molecule has 0 amide bonds. The highest BCUT2D eigenvalue weighted by atomic mass is 32.1. The molecule has 0 bridgehead atoms. The number of hydrogen-bond acceptors (Lipinski definition) is 4. The summed E-state index contributed by atoms with van der Waals surface area (Å²) < 4.78 is 10.8. The van der Waals surface area contributed by atoms with Gasteiger partial charge in [0.2, 0.25) is 0 Å². The molecule has 0 N–H and O–H groups in total. The van der Waals surface area contributed by atoms with Crippen LogP contribution in [0.25, 0.3) is 99.1 Å². The summed E-state index contributed by atoms with van der Waals surface area (Å²) in [6.07, 6.45) is 0. The standard InChI is InChI=1S/C60H49BN2S3/c1-58(2,3)32-18-22-35(23-19-32)63-45-30-50-39(37-24-20-34(60(7,8)9)27-49(37)65-50)28-42(45)52-53-38-15-11-13-17-48(38)66-57(53)54-41-26-33(59(4,5)6)21-25-44(41)62-46-31-51-40(36-14-10-12-16-47(36)64-51)29-43(46)61(63)55(52)56(54)62/h10-31H,1-9H3. The molecule has 0 fully saturated rings. The summed E-state index contributed by atoms with van der Waals surface area (Å²) in [4.78, 5) is 2.75. The zero-order chi connectivity index (χ0) is 44.9. The molecule has 66 heavy (non-hydrogen) atoms. The Morgan fingerprint density at radius 1 is 0.439 bits per heavy atom. The first kappa shape index (κ1) is 39.3. The summed E-state index contributed by atoms with van der Waals surface area (Å²) >= 11 is 5.85. The lowest BCUT2D eigenvalue weighted by molar-refractivity contribution is 0.590. The van der Waals surface area contributed by atoms with Crippen LogP contribution >= 0.6 is 34.0 Å². The second-order valence-corrected chi connectivity index (χ2v) is 25.4. The van der Waals surface area contributed by atoms with Gasteiger partial charge in [0.25, 0.3) is 0 Å². The molecular formula is C60H49BN2S3. The van der Waals surface area contributed by atoms with Gasteiger partial charge in [0.15, 0.2) is 0 Å². The third-order valence-corrected chi connectivity index (χ3v) is 18.5. The average Bonchev–Trinajstić information content (AvgIpc) is 4.04. The zero-order valence-corrected chi connectivity index (χ0v) is 41.3. The van der Waals surface area contributed by atoms with E-state index in [0.717, 1.165) is 0 Å². The molecule has 2 aliphatic heterocycles. The van der Waals surface area contributed by atoms with Crippen LogP contribution in [0.5, 0.6) is 0 Å². The van der Waals surface area contributed by atoms with Crippen LogP contribution in [0.1, 0.15) is 79.0 Å². The molecule has 2 nitrogen and oxygen atoms in total. The Hall–Kier alpha value is -5.92. The SMILES string of the molecule is CC(C)(C)c1ccc(N2B3c4cc5c(cc4-n4c6ccc(C(C)(C)C)cc6c6c7sc8ccccc8c7c(c3c64)-c3cc4c(cc32)sc2cc(C(C)(C)C)ccc24)sc2ccccc25)cc1. The van der Waals surface area contributed by atoms with Crippen LogP contribution in [-0.2, 0) is 16.2 Å². The predicted molar refractivity (Wildman–Crippen MR) is 295 cm³/mol. The van der Waals surface area contributed by atoms with E-state index in [1.165, 1.54) is 138 Å². The molecule has 0 saturated heterocycles. The fourth-order valence-electron chi connectivity index (χ4n) is 11.6. The molecule has 6 heteroatoms. The Kier molecular flexibility index (Phi) is 7.70. The van der Waals surface area contributed by atoms with Gasteiger partial charge >= 0.3 is 6.85 Å². The van der Waals surface area contributed by atoms with Crippen LogP contribution in [0.2, 0.25) is 0 Å². The van der Waals surface area contributed by atoms with Crippen molar-refractivity contribution < 1.29 is 0 Å². The van der Waals surface area contributed by atoms with Crippen molar-refractivity contribution in [3.05, 3.63) is 150 Å². The number of fused-ring (bicyclic) bond motifs is 19. The lowest BCUT2D eigenvalue weighted by Gasteiger charge is -2.42. The second kappa shape index (κ2) is 12.9. The minimum atomic E-state index is -0.0881. The van der Waals surface area contributed by atoms with Crippen LogP contribution in [0.15, 0.2) is 133 Å². The van der Waals surface area contributed by atoms with Crippen LogP contribution < -0.4 is 15.7 Å². The van der Waals surface area contributed by atoms with Gasteiger partial charge in [-0.25, -0.2) is 0 Å². The molecule has 2 aliphatic rings. The highest BCUT2D eigenvalue weighted by Crippen LogP contribution is 2.55. The maximum absolute atomic E-state index is 2.75. The van der Waals surface area contributed by atoms with E-state index in [4.69, 9.17) is 0 Å². The first-order chi connectivity index (χ1) is 31.6. The lowest BCUT2D eigenvalue weighted by Crippen LogP contribution is -2.60. The van der Waals surface area contributed by atoms with Crippen molar-refractivity contribution >= 4 is 145 Å². The van der Waals surface area contributed by atoms with Crippen LogP contribution in [0.4, 0.5) is 11.4 Å². The first-order valence-corrected chi connectivity index (χ1v) is 25.9. The van der Waals surface area contributed by atoms with Crippen molar-refractivity contribution in [1.82, 2.24) is 4.57 Å². The Bertz CT molecular complexity index is 4120. The van der Waals surface area contributed by atoms with E-state index in [1.54, 1.807) is 0 Å². The van der Waals surface area contributed by atoms with Crippen LogP contribution in [-0.4, -0.2) is 11.4 Å². The maximum atomic E-state index is 2.75. The minimum absolute atomic E-state index is 0.00273. The smallest absolute Gasteiger partial charge is 0.333 e. The highest BCUT2D eigenvalue weighted by Gasteiger charge is 2.46. The Labute approximate surface area is 397 Å². The molecule has 0 spiro atoms. The topological polar surface area (TPSA) is 8.17 Å². The van der Waals surface area contributed by atoms with Gasteiger partial charge in [-0.2, -0.15) is 0 Å². The van der Waals surface area contributed by atoms with Crippen molar-refractivity contribution in [3.63, 3.8) is 0 Å². The van der Waals surface area contributed by atoms with E-state index < -0.39 is 0 Å². The normalized spacial score (nSPS) is 14.1. The first-order valence-electron chi connectivity index (χ1n) is 23.4. The van der Waals surface area contributed by atoms with Gasteiger partial charge in [-0.05, 0) is 110 Å². The third-order valence-electron chi connectivity index (χ3n) is 15.0. The molecule has 0 unspecified atom stereocenters. The molecule has 0 atom stereocenters. The van der Waals surface area contributed by atoms with E-state index in [9.17, 15) is 0 Å². The van der Waals surface area contributed by atoms with Gasteiger partial charge < -0.3 is 9.38 Å². The predicted octanol–water partition coefficient (Wildman–Crippen LogP) is 17.0. The van der Waals surface area contributed by atoms with E-state index in [2.05, 4.69) is 205 Å². The monoisotopic (exact) mass is 904 g/mol. The number of aromatic nitrogens is 1. The number of nitrogens with zero attached hydrogens (tertiary/aromatic N) is 2. The van der Waals surface area contributed by atoms with E-state index >= 15 is 0 Å². The van der Waals surface area contributed by atoms with E-state index in [1.807, 2.05) is 34.0 Å². The molecule has 8 aromatic carbocycles. The Balaban J connectivity index is 1.22. The van der Waals surface area contributed by atoms with Crippen molar-refractivity contribution in [3.8, 4) is 16.8 Å². The lowest BCUT2D eigenvalue weighted by atomic mass is 9.43. The highest BCUT2D eigenvalue weighted by molar-refractivity contribution is 7.27. The van der Waals surface area contributed by atoms with Gasteiger partial charge in [0.1, 0.15) is 0 Å². The number of anilines is 2. The van der Waals surface area contributed by atoms with E-state index in [-0.39, 0.29) is 23.1 Å². The number of thiophene rings is 3. The number of hydrogen-bond donors (Lipinski definition) is 0.